The number of pyridine rings is 1. The lowest BCUT2D eigenvalue weighted by molar-refractivity contribution is -0.136. The molecular weight excluding hydrogens is 372 g/mol. The molecule has 6 heteroatoms. The number of carboxylic acids is 1. The number of carboxylic acid groups (broad SMARTS) is 1. The van der Waals surface area contributed by atoms with E-state index >= 15 is 0 Å². The van der Waals surface area contributed by atoms with Crippen LogP contribution in [0, 0.1) is 11.3 Å². The van der Waals surface area contributed by atoms with Crippen LogP contribution < -0.4 is 4.74 Å². The van der Waals surface area contributed by atoms with Gasteiger partial charge in [0.2, 0.25) is 0 Å². The molecule has 1 N–H and O–H groups in total. The molecule has 0 unspecified atom stereocenters. The van der Waals surface area contributed by atoms with Gasteiger partial charge in [0.05, 0.1) is 24.8 Å². The average Bonchev–Trinajstić information content (AvgIpc) is 2.73. The van der Waals surface area contributed by atoms with Crippen LogP contribution in [0.4, 0.5) is 0 Å². The molecular formula is C22H18N2O3S. The first-order valence-corrected chi connectivity index (χ1v) is 9.60. The quantitative estimate of drug-likeness (QED) is 0.580. The van der Waals surface area contributed by atoms with Gasteiger partial charge in [0, 0.05) is 16.9 Å². The molecule has 0 atom stereocenters. The third kappa shape index (κ3) is 4.51. The first kappa shape index (κ1) is 19.5. The minimum atomic E-state index is -0.874. The Morgan fingerprint density at radius 1 is 1.14 bits per heavy atom. The van der Waals surface area contributed by atoms with Crippen LogP contribution in [0.3, 0.4) is 0 Å². The van der Waals surface area contributed by atoms with E-state index in [4.69, 9.17) is 9.84 Å². The first-order valence-electron chi connectivity index (χ1n) is 8.62. The zero-order valence-corrected chi connectivity index (χ0v) is 16.1. The molecule has 1 heterocycles. The highest BCUT2D eigenvalue weighted by Crippen LogP contribution is 2.35. The van der Waals surface area contributed by atoms with Crippen molar-refractivity contribution in [2.24, 2.45) is 0 Å². The van der Waals surface area contributed by atoms with Gasteiger partial charge in [0.15, 0.2) is 0 Å². The molecule has 0 amide bonds. The number of ether oxygens (including phenoxy) is 1. The fourth-order valence-electron chi connectivity index (χ4n) is 2.72. The smallest absolute Gasteiger partial charge is 0.304 e. The van der Waals surface area contributed by atoms with Gasteiger partial charge in [-0.1, -0.05) is 42.5 Å². The molecule has 0 aliphatic carbocycles. The van der Waals surface area contributed by atoms with Gasteiger partial charge in [-0.25, -0.2) is 4.98 Å². The van der Waals surface area contributed by atoms with Gasteiger partial charge in [-0.05, 0) is 23.8 Å². The van der Waals surface area contributed by atoms with Gasteiger partial charge in [-0.2, -0.15) is 5.26 Å². The molecule has 5 nitrogen and oxygen atoms in total. The Balaban J connectivity index is 2.12. The largest absolute Gasteiger partial charge is 0.497 e. The Kier molecular flexibility index (Phi) is 6.30. The summed E-state index contributed by atoms with van der Waals surface area (Å²) in [7, 11) is 1.60. The van der Waals surface area contributed by atoms with E-state index in [-0.39, 0.29) is 6.42 Å². The summed E-state index contributed by atoms with van der Waals surface area (Å²) in [6, 6.07) is 21.3. The molecule has 1 aromatic heterocycles. The molecule has 0 aliphatic rings. The molecule has 0 fully saturated rings. The number of rotatable bonds is 7. The van der Waals surface area contributed by atoms with Crippen molar-refractivity contribution in [3.05, 3.63) is 66.2 Å². The summed E-state index contributed by atoms with van der Waals surface area (Å²) in [5.41, 5.74) is 3.75. The Labute approximate surface area is 167 Å². The van der Waals surface area contributed by atoms with Crippen LogP contribution in [0.5, 0.6) is 5.75 Å². The van der Waals surface area contributed by atoms with Crippen molar-refractivity contribution in [3.63, 3.8) is 0 Å². The van der Waals surface area contributed by atoms with Crippen molar-refractivity contribution >= 4 is 17.7 Å². The molecule has 3 rings (SSSR count). The van der Waals surface area contributed by atoms with Crippen LogP contribution in [0.2, 0.25) is 0 Å². The van der Waals surface area contributed by atoms with E-state index in [1.165, 1.54) is 11.8 Å². The van der Waals surface area contributed by atoms with Crippen LogP contribution in [0.1, 0.15) is 12.0 Å². The van der Waals surface area contributed by atoms with Gasteiger partial charge in [-0.3, -0.25) is 4.79 Å². The van der Waals surface area contributed by atoms with Gasteiger partial charge < -0.3 is 9.84 Å². The molecule has 0 saturated carbocycles. The molecule has 0 saturated heterocycles. The minimum absolute atomic E-state index is 0.00461. The van der Waals surface area contributed by atoms with Crippen LogP contribution in [-0.4, -0.2) is 28.9 Å². The number of carbonyl (C=O) groups is 1. The highest BCUT2D eigenvalue weighted by molar-refractivity contribution is 7.99. The monoisotopic (exact) mass is 390 g/mol. The zero-order valence-electron chi connectivity index (χ0n) is 15.3. The number of benzene rings is 2. The lowest BCUT2D eigenvalue weighted by Gasteiger charge is -2.13. The van der Waals surface area contributed by atoms with Crippen molar-refractivity contribution in [2.75, 3.05) is 12.9 Å². The second kappa shape index (κ2) is 9.07. The Morgan fingerprint density at radius 3 is 2.46 bits per heavy atom. The fraction of sp³-hybridized carbons (Fsp3) is 0.136. The summed E-state index contributed by atoms with van der Waals surface area (Å²) in [5.74, 6) is 0.202. The van der Waals surface area contributed by atoms with E-state index in [0.29, 0.717) is 16.3 Å². The maximum Gasteiger partial charge on any atom is 0.304 e. The maximum atomic E-state index is 10.9. The Morgan fingerprint density at radius 2 is 1.86 bits per heavy atom. The van der Waals surface area contributed by atoms with E-state index in [1.54, 1.807) is 7.11 Å². The summed E-state index contributed by atoms with van der Waals surface area (Å²) in [6.07, 6.45) is 0.00461. The highest BCUT2D eigenvalue weighted by Gasteiger charge is 2.16. The Hall–Kier alpha value is -3.30. The van der Waals surface area contributed by atoms with Crippen molar-refractivity contribution in [3.8, 4) is 34.2 Å². The number of hydrogen-bond acceptors (Lipinski definition) is 5. The predicted molar refractivity (Wildman–Crippen MR) is 109 cm³/mol. The number of aliphatic carboxylic acids is 1. The molecule has 0 bridgehead atoms. The molecule has 28 heavy (non-hydrogen) atoms. The van der Waals surface area contributed by atoms with Gasteiger partial charge in [0.1, 0.15) is 16.8 Å². The minimum Gasteiger partial charge on any atom is -0.497 e. The lowest BCUT2D eigenvalue weighted by Crippen LogP contribution is -1.99. The number of thioether (sulfide) groups is 1. The van der Waals surface area contributed by atoms with Gasteiger partial charge in [-0.15, -0.1) is 11.8 Å². The van der Waals surface area contributed by atoms with E-state index in [1.807, 2.05) is 60.7 Å². The summed E-state index contributed by atoms with van der Waals surface area (Å²) < 4.78 is 5.22. The van der Waals surface area contributed by atoms with Gasteiger partial charge in [0.25, 0.3) is 0 Å². The van der Waals surface area contributed by atoms with Crippen molar-refractivity contribution in [1.29, 1.82) is 5.26 Å². The molecule has 140 valence electrons. The maximum absolute atomic E-state index is 10.9. The van der Waals surface area contributed by atoms with E-state index in [9.17, 15) is 10.1 Å². The molecule has 0 radical (unpaired) electrons. The second-order valence-electron chi connectivity index (χ2n) is 5.93. The SMILES string of the molecule is COc1ccc(-c2cc(-c3ccccc3)nc(SCCC(=O)O)c2C#N)cc1. The standard InChI is InChI=1S/C22H18N2O3S/c1-27-17-9-7-15(8-10-17)18-13-20(16-5-3-2-4-6-16)24-22(19(18)14-23)28-12-11-21(25)26/h2-10,13H,11-12H2,1H3,(H,25,26). The van der Waals surface area contributed by atoms with Gasteiger partial charge >= 0.3 is 5.97 Å². The number of methoxy groups -OCH3 is 1. The zero-order chi connectivity index (χ0) is 19.9. The third-order valence-corrected chi connectivity index (χ3v) is 5.10. The topological polar surface area (TPSA) is 83.2 Å². The van der Waals surface area contributed by atoms with Crippen LogP contribution >= 0.6 is 11.8 Å². The highest BCUT2D eigenvalue weighted by atomic mass is 32.2. The number of nitrogens with zero attached hydrogens (tertiary/aromatic N) is 2. The molecule has 0 aliphatic heterocycles. The van der Waals surface area contributed by atoms with E-state index in [0.717, 1.165) is 28.1 Å². The fourth-order valence-corrected chi connectivity index (χ4v) is 3.66. The lowest BCUT2D eigenvalue weighted by atomic mass is 9.99. The Bertz CT molecular complexity index is 1010. The number of hydrogen-bond donors (Lipinski definition) is 1. The van der Waals surface area contributed by atoms with Crippen LogP contribution in [-0.2, 0) is 4.79 Å². The average molecular weight is 390 g/mol. The van der Waals surface area contributed by atoms with Crippen LogP contribution in [0.15, 0.2) is 65.7 Å². The summed E-state index contributed by atoms with van der Waals surface area (Å²) in [4.78, 5) is 15.5. The summed E-state index contributed by atoms with van der Waals surface area (Å²) >= 11 is 1.29. The molecule has 3 aromatic rings. The van der Waals surface area contributed by atoms with Crippen molar-refractivity contribution in [1.82, 2.24) is 4.98 Å². The van der Waals surface area contributed by atoms with Crippen LogP contribution in [0.25, 0.3) is 22.4 Å². The summed E-state index contributed by atoms with van der Waals surface area (Å²) in [6.45, 7) is 0. The van der Waals surface area contributed by atoms with E-state index in [2.05, 4.69) is 11.1 Å². The summed E-state index contributed by atoms with van der Waals surface area (Å²) in [5, 5.41) is 19.2. The van der Waals surface area contributed by atoms with E-state index < -0.39 is 5.97 Å². The normalized spacial score (nSPS) is 10.3. The second-order valence-corrected chi connectivity index (χ2v) is 7.02. The molecule has 2 aromatic carbocycles. The first-order chi connectivity index (χ1) is 13.6. The number of aromatic nitrogens is 1. The number of nitriles is 1. The molecule has 0 spiro atoms. The van der Waals surface area contributed by atoms with Crippen molar-refractivity contribution in [2.45, 2.75) is 11.4 Å². The predicted octanol–water partition coefficient (Wildman–Crippen LogP) is 4.86. The van der Waals surface area contributed by atoms with Crippen molar-refractivity contribution < 1.29 is 14.6 Å². The third-order valence-electron chi connectivity index (χ3n) is 4.12.